The highest BCUT2D eigenvalue weighted by molar-refractivity contribution is 8.03. The van der Waals surface area contributed by atoms with E-state index in [9.17, 15) is 0 Å². The number of piperidine rings is 1. The maximum atomic E-state index is 6.71. The minimum Gasteiger partial charge on any atom is -0.399 e. The molecule has 1 spiro atoms. The molecule has 0 bridgehead atoms. The number of hydrogen-bond acceptors (Lipinski definition) is 6. The maximum absolute atomic E-state index is 6.71. The molecular formula is C24H30Cl2N6S. The SMILES string of the molecule is CC1(N)CCCC12CCN(c1ncc(SC3=C/C(N)=C\CC/C(Cl)=C\3Cl)c3nccn13)CC2. The van der Waals surface area contributed by atoms with E-state index < -0.39 is 0 Å². The molecule has 33 heavy (non-hydrogen) atoms. The molecule has 6 nitrogen and oxygen atoms in total. The second kappa shape index (κ2) is 8.84. The summed E-state index contributed by atoms with van der Waals surface area (Å²) in [6.45, 7) is 4.15. The van der Waals surface area contributed by atoms with Crippen LogP contribution in [0.25, 0.3) is 5.65 Å². The van der Waals surface area contributed by atoms with Gasteiger partial charge in [-0.1, -0.05) is 47.5 Å². The number of aromatic nitrogens is 3. The molecule has 1 unspecified atom stereocenters. The Labute approximate surface area is 209 Å². The van der Waals surface area contributed by atoms with Crippen LogP contribution in [0, 0.1) is 5.41 Å². The monoisotopic (exact) mass is 504 g/mol. The van der Waals surface area contributed by atoms with Gasteiger partial charge in [0, 0.05) is 52.9 Å². The highest BCUT2D eigenvalue weighted by Crippen LogP contribution is 2.52. The van der Waals surface area contributed by atoms with Crippen LogP contribution in [-0.4, -0.2) is 33.0 Å². The minimum absolute atomic E-state index is 0.0625. The Morgan fingerprint density at radius 3 is 2.64 bits per heavy atom. The van der Waals surface area contributed by atoms with Crippen LogP contribution in [0.3, 0.4) is 0 Å². The summed E-state index contributed by atoms with van der Waals surface area (Å²) < 4.78 is 2.07. The third-order valence-electron chi connectivity index (χ3n) is 7.66. The van der Waals surface area contributed by atoms with E-state index in [1.54, 1.807) is 0 Å². The van der Waals surface area contributed by atoms with Gasteiger partial charge in [0.1, 0.15) is 0 Å². The lowest BCUT2D eigenvalue weighted by Gasteiger charge is -2.47. The zero-order chi connectivity index (χ0) is 23.2. The van der Waals surface area contributed by atoms with E-state index in [0.29, 0.717) is 22.2 Å². The molecule has 0 aromatic carbocycles. The smallest absolute Gasteiger partial charge is 0.211 e. The molecule has 1 saturated carbocycles. The lowest BCUT2D eigenvalue weighted by molar-refractivity contribution is 0.130. The van der Waals surface area contributed by atoms with Crippen LogP contribution in [0.5, 0.6) is 0 Å². The molecule has 2 aromatic heterocycles. The first kappa shape index (κ1) is 23.1. The van der Waals surface area contributed by atoms with Gasteiger partial charge in [0.15, 0.2) is 5.65 Å². The van der Waals surface area contributed by atoms with Crippen LogP contribution < -0.4 is 16.4 Å². The Bertz CT molecular complexity index is 1160. The molecule has 0 amide bonds. The van der Waals surface area contributed by atoms with Crippen LogP contribution in [0.15, 0.2) is 56.3 Å². The van der Waals surface area contributed by atoms with Gasteiger partial charge in [-0.25, -0.2) is 9.97 Å². The number of nitrogens with two attached hydrogens (primary N) is 2. The van der Waals surface area contributed by atoms with Crippen LogP contribution in [0.4, 0.5) is 5.95 Å². The molecular weight excluding hydrogens is 475 g/mol. The topological polar surface area (TPSA) is 85.5 Å². The summed E-state index contributed by atoms with van der Waals surface area (Å²) in [6.07, 6.45) is 16.8. The van der Waals surface area contributed by atoms with Gasteiger partial charge < -0.3 is 16.4 Å². The maximum Gasteiger partial charge on any atom is 0.211 e. The largest absolute Gasteiger partial charge is 0.399 e. The second-order valence-corrected chi connectivity index (χ2v) is 11.6. The third kappa shape index (κ3) is 4.18. The Hall–Kier alpha value is -1.67. The number of thioether (sulfide) groups is 1. The van der Waals surface area contributed by atoms with E-state index in [1.807, 2.05) is 30.7 Å². The molecule has 4 N–H and O–H groups in total. The fourth-order valence-electron chi connectivity index (χ4n) is 5.57. The average Bonchev–Trinajstić information content (AvgIpc) is 3.38. The molecule has 0 radical (unpaired) electrons. The molecule has 1 aliphatic heterocycles. The van der Waals surface area contributed by atoms with E-state index in [2.05, 4.69) is 21.2 Å². The Kier molecular flexibility index (Phi) is 6.18. The number of nitrogens with zero attached hydrogens (tertiary/aromatic N) is 4. The van der Waals surface area contributed by atoms with Gasteiger partial charge in [-0.15, -0.1) is 0 Å². The van der Waals surface area contributed by atoms with Crippen LogP contribution in [0.2, 0.25) is 0 Å². The third-order valence-corrected chi connectivity index (χ3v) is 9.72. The minimum atomic E-state index is -0.0625. The predicted octanol–water partition coefficient (Wildman–Crippen LogP) is 5.52. The second-order valence-electron chi connectivity index (χ2n) is 9.65. The summed E-state index contributed by atoms with van der Waals surface area (Å²) >= 11 is 14.5. The quantitative estimate of drug-likeness (QED) is 0.572. The number of imidazole rings is 1. The molecule has 2 aromatic rings. The van der Waals surface area contributed by atoms with Crippen molar-refractivity contribution in [1.82, 2.24) is 14.4 Å². The summed E-state index contributed by atoms with van der Waals surface area (Å²) in [5.74, 6) is 0.921. The predicted molar refractivity (Wildman–Crippen MR) is 137 cm³/mol. The van der Waals surface area contributed by atoms with Gasteiger partial charge in [-0.3, -0.25) is 4.40 Å². The molecule has 176 valence electrons. The van der Waals surface area contributed by atoms with Gasteiger partial charge in [-0.2, -0.15) is 0 Å². The lowest BCUT2D eigenvalue weighted by atomic mass is 9.67. The van der Waals surface area contributed by atoms with E-state index in [4.69, 9.17) is 39.7 Å². The van der Waals surface area contributed by atoms with Crippen molar-refractivity contribution in [3.63, 3.8) is 0 Å². The first-order valence-corrected chi connectivity index (χ1v) is 13.1. The van der Waals surface area contributed by atoms with Crippen molar-refractivity contribution in [2.75, 3.05) is 18.0 Å². The standard InChI is InChI=1S/C24H30Cl2N6S/c1-23(28)6-3-7-24(23)8-11-31(12-9-24)22-30-15-19(21-29-10-13-32(21)22)33-18-14-16(27)4-2-5-17(25)20(18)26/h4,10,13-15H,2-3,5-9,11-12,27-28H2,1H3/b16-4+,18-14+,20-17-. The molecule has 2 fully saturated rings. The Balaban J connectivity index is 1.42. The summed E-state index contributed by atoms with van der Waals surface area (Å²) in [7, 11) is 0. The van der Waals surface area contributed by atoms with Crippen molar-refractivity contribution in [2.24, 2.45) is 16.9 Å². The molecule has 3 aliphatic rings. The summed E-state index contributed by atoms with van der Waals surface area (Å²) in [5.41, 5.74) is 14.6. The molecule has 3 heterocycles. The highest BCUT2D eigenvalue weighted by atomic mass is 35.5. The Morgan fingerprint density at radius 1 is 1.12 bits per heavy atom. The molecule has 1 saturated heterocycles. The first-order valence-electron chi connectivity index (χ1n) is 11.6. The average molecular weight is 506 g/mol. The van der Waals surface area contributed by atoms with E-state index in [0.717, 1.165) is 60.2 Å². The molecule has 9 heteroatoms. The van der Waals surface area contributed by atoms with Crippen molar-refractivity contribution < 1.29 is 0 Å². The number of hydrogen-bond donors (Lipinski definition) is 2. The number of halogens is 2. The fraction of sp³-hybridized carbons (Fsp3) is 0.500. The summed E-state index contributed by atoms with van der Waals surface area (Å²) in [4.78, 5) is 13.6. The first-order chi connectivity index (χ1) is 15.8. The van der Waals surface area contributed by atoms with Gasteiger partial charge in [0.05, 0.1) is 9.93 Å². The number of anilines is 1. The van der Waals surface area contributed by atoms with Gasteiger partial charge in [0.2, 0.25) is 5.95 Å². The van der Waals surface area contributed by atoms with Gasteiger partial charge >= 0.3 is 0 Å². The summed E-state index contributed by atoms with van der Waals surface area (Å²) in [5, 5.41) is 1.18. The highest BCUT2D eigenvalue weighted by Gasteiger charge is 2.50. The van der Waals surface area contributed by atoms with Gasteiger partial charge in [0.25, 0.3) is 0 Å². The van der Waals surface area contributed by atoms with Crippen molar-refractivity contribution >= 4 is 46.6 Å². The van der Waals surface area contributed by atoms with Crippen molar-refractivity contribution in [3.8, 4) is 0 Å². The normalized spacial score (nSPS) is 31.2. The zero-order valence-electron chi connectivity index (χ0n) is 18.9. The molecule has 1 atom stereocenters. The number of allylic oxidation sites excluding steroid dienone is 4. The van der Waals surface area contributed by atoms with Gasteiger partial charge in [-0.05, 0) is 56.9 Å². The van der Waals surface area contributed by atoms with E-state index in [1.165, 1.54) is 24.6 Å². The Morgan fingerprint density at radius 2 is 1.91 bits per heavy atom. The number of rotatable bonds is 3. The van der Waals surface area contributed by atoms with Crippen molar-refractivity contribution in [1.29, 1.82) is 0 Å². The van der Waals surface area contributed by atoms with Crippen LogP contribution >= 0.6 is 35.0 Å². The number of fused-ring (bicyclic) bond motifs is 1. The lowest BCUT2D eigenvalue weighted by Crippen LogP contribution is -2.54. The summed E-state index contributed by atoms with van der Waals surface area (Å²) in [6, 6.07) is 0. The van der Waals surface area contributed by atoms with E-state index >= 15 is 0 Å². The molecule has 2 aliphatic carbocycles. The molecule has 5 rings (SSSR count). The van der Waals surface area contributed by atoms with Crippen LogP contribution in [0.1, 0.15) is 51.9 Å². The van der Waals surface area contributed by atoms with E-state index in [-0.39, 0.29) is 11.0 Å². The fourth-order valence-corrected chi connectivity index (χ4v) is 7.09. The zero-order valence-corrected chi connectivity index (χ0v) is 21.2. The van der Waals surface area contributed by atoms with Crippen LogP contribution in [-0.2, 0) is 0 Å². The van der Waals surface area contributed by atoms with Crippen molar-refractivity contribution in [2.45, 2.75) is 62.3 Å². The van der Waals surface area contributed by atoms with Crippen molar-refractivity contribution in [3.05, 3.63) is 51.4 Å².